The van der Waals surface area contributed by atoms with E-state index in [1.165, 1.54) is 18.3 Å². The number of benzene rings is 1. The number of Topliss-reactive ketones (excluding diaryl/α,β-unsaturated/α-hetero) is 1. The molecule has 282 valence electrons. The molecule has 1 aliphatic rings. The van der Waals surface area contributed by atoms with E-state index in [1.54, 1.807) is 24.3 Å². The summed E-state index contributed by atoms with van der Waals surface area (Å²) < 4.78 is 5.78. The van der Waals surface area contributed by atoms with Crippen molar-refractivity contribution in [1.29, 1.82) is 0 Å². The summed E-state index contributed by atoms with van der Waals surface area (Å²) in [6, 6.07) is 8.73. The molecule has 2 heterocycles. The molecule has 2 amide bonds. The van der Waals surface area contributed by atoms with Crippen LogP contribution in [0.2, 0.25) is 0 Å². The maximum absolute atomic E-state index is 14.3. The van der Waals surface area contributed by atoms with E-state index in [-0.39, 0.29) is 54.5 Å². The van der Waals surface area contributed by atoms with Crippen molar-refractivity contribution in [2.24, 2.45) is 23.7 Å². The molecule has 2 aromatic rings. The number of carbonyl (C=O) groups excluding carboxylic acids is 4. The molecule has 0 spiro atoms. The summed E-state index contributed by atoms with van der Waals surface area (Å²) in [6.07, 6.45) is 2.76. The van der Waals surface area contributed by atoms with Gasteiger partial charge in [0.05, 0.1) is 11.5 Å². The van der Waals surface area contributed by atoms with Crippen molar-refractivity contribution in [3.8, 4) is 0 Å². The minimum Gasteiger partial charge on any atom is -0.481 e. The number of hydrogen-bond acceptors (Lipinski definition) is 9. The zero-order chi connectivity index (χ0) is 38.0. The molecule has 1 aliphatic heterocycles. The van der Waals surface area contributed by atoms with Crippen molar-refractivity contribution in [3.05, 3.63) is 52.0 Å². The molecule has 0 saturated carbocycles. The largest absolute Gasteiger partial charge is 0.481 e. The molecular formula is C39H58N4O7S. The number of carbonyl (C=O) groups is 5. The first-order valence-electron chi connectivity index (χ1n) is 18.2. The van der Waals surface area contributed by atoms with Gasteiger partial charge < -0.3 is 20.1 Å². The lowest BCUT2D eigenvalue weighted by Crippen LogP contribution is -2.50. The number of likely N-dealkylation sites (N-methyl/N-ethyl adjacent to an activating group) is 1. The Morgan fingerprint density at radius 2 is 1.76 bits per heavy atom. The van der Waals surface area contributed by atoms with Gasteiger partial charge in [-0.15, -0.1) is 11.3 Å². The number of carboxylic acids is 1. The van der Waals surface area contributed by atoms with Gasteiger partial charge in [-0.3, -0.25) is 28.9 Å². The maximum atomic E-state index is 14.3. The summed E-state index contributed by atoms with van der Waals surface area (Å²) in [5.74, 6) is -3.13. The molecule has 12 heteroatoms. The van der Waals surface area contributed by atoms with Crippen LogP contribution in [0.4, 0.5) is 0 Å². The van der Waals surface area contributed by atoms with Crippen LogP contribution in [0.3, 0.4) is 0 Å². The first-order chi connectivity index (χ1) is 24.0. The molecule has 7 atom stereocenters. The quantitative estimate of drug-likeness (QED) is 0.162. The first-order valence-corrected chi connectivity index (χ1v) is 19.1. The molecule has 51 heavy (non-hydrogen) atoms. The second-order valence-corrected chi connectivity index (χ2v) is 15.8. The van der Waals surface area contributed by atoms with E-state index in [0.717, 1.165) is 31.4 Å². The highest BCUT2D eigenvalue weighted by Gasteiger charge is 2.44. The van der Waals surface area contributed by atoms with Crippen molar-refractivity contribution < 1.29 is 33.8 Å². The highest BCUT2D eigenvalue weighted by atomic mass is 32.1. The van der Waals surface area contributed by atoms with E-state index in [2.05, 4.69) is 15.2 Å². The Hall–Kier alpha value is -3.64. The Bertz CT molecular complexity index is 1500. The molecule has 0 bridgehead atoms. The van der Waals surface area contributed by atoms with Crippen LogP contribution in [-0.4, -0.2) is 87.7 Å². The minimum atomic E-state index is -0.941. The van der Waals surface area contributed by atoms with E-state index < -0.39 is 47.4 Å². The van der Waals surface area contributed by atoms with Crippen LogP contribution in [0.25, 0.3) is 0 Å². The molecule has 0 aliphatic carbocycles. The number of thiazole rings is 1. The van der Waals surface area contributed by atoms with E-state index in [1.807, 2.05) is 72.0 Å². The number of esters is 1. The highest BCUT2D eigenvalue weighted by Crippen LogP contribution is 2.35. The monoisotopic (exact) mass is 726 g/mol. The fraction of sp³-hybridized carbons (Fsp3) is 0.641. The molecule has 1 aromatic carbocycles. The number of hydrogen-bond donors (Lipinski definition) is 2. The minimum absolute atomic E-state index is 0.0134. The van der Waals surface area contributed by atoms with E-state index in [4.69, 9.17) is 4.74 Å². The number of ketones is 1. The first kappa shape index (κ1) is 41.8. The van der Waals surface area contributed by atoms with Crippen molar-refractivity contribution >= 4 is 40.9 Å². The number of aliphatic carboxylic acids is 1. The van der Waals surface area contributed by atoms with Crippen LogP contribution < -0.4 is 5.32 Å². The summed E-state index contributed by atoms with van der Waals surface area (Å²) in [5.41, 5.74) is 0.528. The van der Waals surface area contributed by atoms with Crippen LogP contribution in [0.5, 0.6) is 0 Å². The summed E-state index contributed by atoms with van der Waals surface area (Å²) in [4.78, 5) is 73.8. The van der Waals surface area contributed by atoms with Crippen LogP contribution in [0, 0.1) is 23.7 Å². The Balaban J connectivity index is 1.82. The van der Waals surface area contributed by atoms with E-state index in [0.29, 0.717) is 11.4 Å². The number of likely N-dealkylation sites (tertiary alicyclic amines) is 1. The second kappa shape index (κ2) is 18.7. The number of carboxylic acid groups (broad SMARTS) is 1. The topological polar surface area (TPSA) is 146 Å². The van der Waals surface area contributed by atoms with Crippen LogP contribution in [0.1, 0.15) is 114 Å². The highest BCUT2D eigenvalue weighted by molar-refractivity contribution is 7.09. The lowest BCUT2D eigenvalue weighted by Gasteiger charge is -2.38. The SMILES string of the molecule is CC[C@H](C)[C@H](CC(=O)[C@@]1(C)CCCN1C)C(=O)N(C)[C@H](C[C@@H](OC(C)=O)c1nc(C(=O)N[C@@H](Cc2ccccc2)C[C@H](C)C(=O)O)cs1)C(C)C. The Labute approximate surface area is 307 Å². The predicted molar refractivity (Wildman–Crippen MR) is 198 cm³/mol. The van der Waals surface area contributed by atoms with Crippen molar-refractivity contribution in [2.75, 3.05) is 20.6 Å². The standard InChI is InChI=1S/C39H58N4O7S/c1-10-25(4)30(21-34(45)39(7)17-14-18-42(39)8)37(47)43(9)32(24(2)3)22-33(50-27(6)44)36-41-31(23-51-36)35(46)40-29(19-26(5)38(48)49)20-28-15-12-11-13-16-28/h11-13,15-16,23-26,29-30,32-33H,10,14,17-22H2,1-9H3,(H,40,46)(H,48,49)/t25-,26-,29+,30-,32+,33+,39+/m0/s1. The average Bonchev–Trinajstić information content (AvgIpc) is 3.71. The number of rotatable bonds is 19. The number of nitrogens with one attached hydrogen (secondary N) is 1. The Morgan fingerprint density at radius 1 is 1.10 bits per heavy atom. The van der Waals surface area contributed by atoms with Crippen LogP contribution in [-0.2, 0) is 30.3 Å². The molecular weight excluding hydrogens is 669 g/mol. The fourth-order valence-corrected chi connectivity index (χ4v) is 7.87. The van der Waals surface area contributed by atoms with E-state index >= 15 is 0 Å². The Morgan fingerprint density at radius 3 is 2.31 bits per heavy atom. The van der Waals surface area contributed by atoms with Gasteiger partial charge in [0.2, 0.25) is 5.91 Å². The molecule has 1 fully saturated rings. The number of nitrogens with zero attached hydrogens (tertiary/aromatic N) is 3. The predicted octanol–water partition coefficient (Wildman–Crippen LogP) is 6.18. The summed E-state index contributed by atoms with van der Waals surface area (Å²) in [5, 5.41) is 14.5. The molecule has 1 saturated heterocycles. The zero-order valence-corrected chi connectivity index (χ0v) is 32.6. The molecule has 0 unspecified atom stereocenters. The van der Waals surface area contributed by atoms with Gasteiger partial charge in [-0.1, -0.05) is 71.4 Å². The van der Waals surface area contributed by atoms with Crippen molar-refractivity contribution in [3.63, 3.8) is 0 Å². The maximum Gasteiger partial charge on any atom is 0.306 e. The molecule has 1 aromatic heterocycles. The Kier molecular flexibility index (Phi) is 15.3. The lowest BCUT2D eigenvalue weighted by molar-refractivity contribution is -0.150. The third-order valence-electron chi connectivity index (χ3n) is 10.8. The molecule has 2 N–H and O–H groups in total. The third-order valence-corrected chi connectivity index (χ3v) is 11.7. The van der Waals surface area contributed by atoms with Gasteiger partial charge in [0.25, 0.3) is 5.91 Å². The molecule has 0 radical (unpaired) electrons. The van der Waals surface area contributed by atoms with Gasteiger partial charge in [-0.25, -0.2) is 4.98 Å². The molecule has 3 rings (SSSR count). The molecule has 11 nitrogen and oxygen atoms in total. The number of aromatic nitrogens is 1. The zero-order valence-electron chi connectivity index (χ0n) is 31.8. The van der Waals surface area contributed by atoms with Crippen molar-refractivity contribution in [1.82, 2.24) is 20.1 Å². The summed E-state index contributed by atoms with van der Waals surface area (Å²) in [6.45, 7) is 13.8. The lowest BCUT2D eigenvalue weighted by atomic mass is 9.80. The van der Waals surface area contributed by atoms with Crippen LogP contribution >= 0.6 is 11.3 Å². The van der Waals surface area contributed by atoms with Crippen molar-refractivity contribution in [2.45, 2.75) is 117 Å². The van der Waals surface area contributed by atoms with Gasteiger partial charge in [-0.05, 0) is 63.6 Å². The number of amides is 2. The summed E-state index contributed by atoms with van der Waals surface area (Å²) >= 11 is 1.19. The van der Waals surface area contributed by atoms with Gasteiger partial charge in [0.1, 0.15) is 10.7 Å². The van der Waals surface area contributed by atoms with Gasteiger partial charge >= 0.3 is 11.9 Å². The average molecular weight is 727 g/mol. The fourth-order valence-electron chi connectivity index (χ4n) is 7.03. The van der Waals surface area contributed by atoms with Gasteiger partial charge in [0.15, 0.2) is 11.9 Å². The van der Waals surface area contributed by atoms with Gasteiger partial charge in [-0.2, -0.15) is 0 Å². The second-order valence-electron chi connectivity index (χ2n) is 14.9. The third kappa shape index (κ3) is 11.2. The number of ether oxygens (including phenoxy) is 1. The smallest absolute Gasteiger partial charge is 0.306 e. The van der Waals surface area contributed by atoms with E-state index in [9.17, 15) is 29.1 Å². The van der Waals surface area contributed by atoms with Crippen LogP contribution in [0.15, 0.2) is 35.7 Å². The summed E-state index contributed by atoms with van der Waals surface area (Å²) in [7, 11) is 3.73. The normalized spacial score (nSPS) is 19.8. The van der Waals surface area contributed by atoms with Gasteiger partial charge in [0, 0.05) is 50.2 Å².